The lowest BCUT2D eigenvalue weighted by molar-refractivity contribution is -0.133. The number of hydrazone groups is 1. The number of urea groups is 1. The van der Waals surface area contributed by atoms with E-state index in [1.54, 1.807) is 18.2 Å². The average molecular weight is 502 g/mol. The van der Waals surface area contributed by atoms with Gasteiger partial charge in [-0.2, -0.15) is 5.10 Å². The first-order valence-electron chi connectivity index (χ1n) is 12.0. The van der Waals surface area contributed by atoms with Gasteiger partial charge in [-0.15, -0.1) is 11.3 Å². The number of benzene rings is 1. The molecule has 0 radical (unpaired) electrons. The molecule has 1 atom stereocenters. The zero-order chi connectivity index (χ0) is 24.8. The summed E-state index contributed by atoms with van der Waals surface area (Å²) in [5.74, 6) is -0.717. The summed E-state index contributed by atoms with van der Waals surface area (Å²) in [6, 6.07) is 9.42. The monoisotopic (exact) mass is 501 g/mol. The third-order valence-corrected chi connectivity index (χ3v) is 6.97. The molecule has 2 aromatic rings. The highest BCUT2D eigenvalue weighted by Crippen LogP contribution is 2.35. The molecule has 35 heavy (non-hydrogen) atoms. The number of rotatable bonds is 8. The largest absolute Gasteiger partial charge is 0.379 e. The minimum atomic E-state index is -0.560. The van der Waals surface area contributed by atoms with Crippen LogP contribution in [0.5, 0.6) is 0 Å². The maximum Gasteiger partial charge on any atom is 0.318 e. The van der Waals surface area contributed by atoms with Gasteiger partial charge in [0.05, 0.1) is 29.8 Å². The molecule has 1 fully saturated rings. The van der Waals surface area contributed by atoms with Crippen LogP contribution >= 0.6 is 11.3 Å². The minimum Gasteiger partial charge on any atom is -0.379 e. The normalized spacial score (nSPS) is 18.6. The Labute approximate surface area is 209 Å². The van der Waals surface area contributed by atoms with E-state index in [0.717, 1.165) is 23.7 Å². The summed E-state index contributed by atoms with van der Waals surface area (Å²) < 4.78 is 20.1. The number of hydrogen-bond donors (Lipinski definition) is 1. The second kappa shape index (κ2) is 11.7. The van der Waals surface area contributed by atoms with Gasteiger partial charge in [-0.3, -0.25) is 9.69 Å². The van der Waals surface area contributed by atoms with Crippen LogP contribution in [0.3, 0.4) is 0 Å². The molecule has 2 aliphatic rings. The molecule has 0 saturated carbocycles. The van der Waals surface area contributed by atoms with E-state index in [-0.39, 0.29) is 30.3 Å². The quantitative estimate of drug-likeness (QED) is 0.602. The average Bonchev–Trinajstić information content (AvgIpc) is 3.52. The van der Waals surface area contributed by atoms with Gasteiger partial charge < -0.3 is 15.0 Å². The molecule has 1 saturated heterocycles. The Morgan fingerprint density at radius 3 is 2.69 bits per heavy atom. The van der Waals surface area contributed by atoms with E-state index in [9.17, 15) is 14.0 Å². The van der Waals surface area contributed by atoms with Crippen LogP contribution in [-0.2, 0) is 9.53 Å². The van der Waals surface area contributed by atoms with Crippen molar-refractivity contribution in [2.75, 3.05) is 45.9 Å². The molecule has 4 rings (SSSR count). The Morgan fingerprint density at radius 2 is 2.00 bits per heavy atom. The second-order valence-electron chi connectivity index (χ2n) is 8.98. The molecule has 2 aliphatic heterocycles. The first-order valence-corrected chi connectivity index (χ1v) is 12.8. The highest BCUT2D eigenvalue weighted by molar-refractivity contribution is 7.12. The highest BCUT2D eigenvalue weighted by Gasteiger charge is 2.36. The molecule has 0 aliphatic carbocycles. The van der Waals surface area contributed by atoms with E-state index in [4.69, 9.17) is 4.74 Å². The first-order chi connectivity index (χ1) is 16.9. The number of morpholine rings is 1. The van der Waals surface area contributed by atoms with Crippen molar-refractivity contribution in [2.24, 2.45) is 5.10 Å². The molecule has 1 N–H and O–H groups in total. The Hall–Kier alpha value is -2.82. The smallest absolute Gasteiger partial charge is 0.318 e. The van der Waals surface area contributed by atoms with Crippen molar-refractivity contribution in [1.29, 1.82) is 0 Å². The van der Waals surface area contributed by atoms with Gasteiger partial charge in [0.25, 0.3) is 5.91 Å². The molecule has 0 spiro atoms. The number of hydrogen-bond acceptors (Lipinski definition) is 6. The van der Waals surface area contributed by atoms with Gasteiger partial charge in [-0.05, 0) is 31.4 Å². The predicted octanol–water partition coefficient (Wildman–Crippen LogP) is 3.32. The van der Waals surface area contributed by atoms with Crippen LogP contribution in [0.4, 0.5) is 9.18 Å². The van der Waals surface area contributed by atoms with Crippen LogP contribution in [0.2, 0.25) is 0 Å². The van der Waals surface area contributed by atoms with Gasteiger partial charge in [0, 0.05) is 44.2 Å². The molecule has 3 amide bonds. The molecule has 188 valence electrons. The van der Waals surface area contributed by atoms with Gasteiger partial charge in [-0.25, -0.2) is 14.2 Å². The van der Waals surface area contributed by atoms with E-state index < -0.39 is 6.04 Å². The number of halogens is 1. The molecule has 3 heterocycles. The van der Waals surface area contributed by atoms with Crippen molar-refractivity contribution in [1.82, 2.24) is 20.1 Å². The maximum absolute atomic E-state index is 14.7. The summed E-state index contributed by atoms with van der Waals surface area (Å²) in [7, 11) is 0. The SMILES string of the molecule is CC(C)NC(=O)N(CCN1CCOCC1)CC(=O)N1N=C(c2cccs2)C[C@H]1c1ccccc1F. The number of amides is 3. The summed E-state index contributed by atoms with van der Waals surface area (Å²) in [4.78, 5) is 31.2. The fourth-order valence-electron chi connectivity index (χ4n) is 4.23. The van der Waals surface area contributed by atoms with Crippen LogP contribution in [-0.4, -0.2) is 84.4 Å². The Morgan fingerprint density at radius 1 is 1.23 bits per heavy atom. The van der Waals surface area contributed by atoms with Crippen molar-refractivity contribution >= 4 is 29.0 Å². The van der Waals surface area contributed by atoms with E-state index in [2.05, 4.69) is 15.3 Å². The predicted molar refractivity (Wildman–Crippen MR) is 134 cm³/mol. The Balaban J connectivity index is 1.54. The minimum absolute atomic E-state index is 0.0649. The molecule has 1 aromatic carbocycles. The maximum atomic E-state index is 14.7. The molecular formula is C25H32FN5O3S. The Bertz CT molecular complexity index is 1040. The zero-order valence-electron chi connectivity index (χ0n) is 20.2. The van der Waals surface area contributed by atoms with Gasteiger partial charge in [-0.1, -0.05) is 24.3 Å². The van der Waals surface area contributed by atoms with Crippen molar-refractivity contribution < 1.29 is 18.7 Å². The van der Waals surface area contributed by atoms with E-state index >= 15 is 0 Å². The highest BCUT2D eigenvalue weighted by atomic mass is 32.1. The Kier molecular flexibility index (Phi) is 8.48. The van der Waals surface area contributed by atoms with Crippen molar-refractivity contribution in [3.8, 4) is 0 Å². The second-order valence-corrected chi connectivity index (χ2v) is 9.93. The standard InChI is InChI=1S/C25H32FN5O3S/c1-18(2)27-25(33)30(10-9-29-11-13-34-14-12-29)17-24(32)31-22(19-6-3-4-7-20(19)26)16-21(28-31)23-8-5-15-35-23/h3-8,15,18,22H,9-14,16-17H2,1-2H3,(H,27,33)/t22-/m0/s1. The van der Waals surface area contributed by atoms with Gasteiger partial charge in [0.15, 0.2) is 0 Å². The fraction of sp³-hybridized carbons (Fsp3) is 0.480. The third kappa shape index (κ3) is 6.45. The number of carbonyl (C=O) groups is 2. The molecule has 8 nitrogen and oxygen atoms in total. The van der Waals surface area contributed by atoms with Crippen LogP contribution in [0.1, 0.15) is 36.8 Å². The van der Waals surface area contributed by atoms with Crippen LogP contribution < -0.4 is 5.32 Å². The summed E-state index contributed by atoms with van der Waals surface area (Å²) >= 11 is 1.53. The number of nitrogens with zero attached hydrogens (tertiary/aromatic N) is 4. The third-order valence-electron chi connectivity index (χ3n) is 6.05. The zero-order valence-corrected chi connectivity index (χ0v) is 21.0. The van der Waals surface area contributed by atoms with Crippen molar-refractivity contribution in [2.45, 2.75) is 32.4 Å². The summed E-state index contributed by atoms with van der Waals surface area (Å²) in [5, 5.41) is 10.8. The number of ether oxygens (including phenoxy) is 1. The number of carbonyl (C=O) groups excluding carboxylic acids is 2. The molecule has 1 aromatic heterocycles. The van der Waals surface area contributed by atoms with Crippen molar-refractivity contribution in [3.05, 3.63) is 58.0 Å². The van der Waals surface area contributed by atoms with Crippen molar-refractivity contribution in [3.63, 3.8) is 0 Å². The van der Waals surface area contributed by atoms with Gasteiger partial charge in [0.1, 0.15) is 12.4 Å². The topological polar surface area (TPSA) is 77.5 Å². The van der Waals surface area contributed by atoms with E-state index in [0.29, 0.717) is 38.3 Å². The molecule has 10 heteroatoms. The number of nitrogens with one attached hydrogen (secondary N) is 1. The lowest BCUT2D eigenvalue weighted by Crippen LogP contribution is -2.50. The van der Waals surface area contributed by atoms with E-state index in [1.165, 1.54) is 27.3 Å². The summed E-state index contributed by atoms with van der Waals surface area (Å²) in [5.41, 5.74) is 1.16. The fourth-order valence-corrected chi connectivity index (χ4v) is 4.95. The molecular weight excluding hydrogens is 469 g/mol. The van der Waals surface area contributed by atoms with Gasteiger partial charge >= 0.3 is 6.03 Å². The van der Waals surface area contributed by atoms with Crippen LogP contribution in [0, 0.1) is 5.82 Å². The van der Waals surface area contributed by atoms with Gasteiger partial charge in [0.2, 0.25) is 0 Å². The number of thiophene rings is 1. The van der Waals surface area contributed by atoms with Crippen LogP contribution in [0.25, 0.3) is 0 Å². The summed E-state index contributed by atoms with van der Waals surface area (Å²) in [6.07, 6.45) is 0.416. The van der Waals surface area contributed by atoms with Crippen LogP contribution in [0.15, 0.2) is 46.9 Å². The summed E-state index contributed by atoms with van der Waals surface area (Å²) in [6.45, 7) is 7.57. The molecule has 0 unspecified atom stereocenters. The lowest BCUT2D eigenvalue weighted by atomic mass is 10.0. The lowest BCUT2D eigenvalue weighted by Gasteiger charge is -2.31. The van der Waals surface area contributed by atoms with E-state index in [1.807, 2.05) is 31.4 Å². The first kappa shape index (κ1) is 25.3. The molecule has 0 bridgehead atoms.